The summed E-state index contributed by atoms with van der Waals surface area (Å²) in [5, 5.41) is 11.6. The summed E-state index contributed by atoms with van der Waals surface area (Å²) in [6.45, 7) is 2.08. The smallest absolute Gasteiger partial charge is 0.335 e. The van der Waals surface area contributed by atoms with E-state index in [4.69, 9.17) is 4.84 Å². The molecule has 6 nitrogen and oxygen atoms in total. The van der Waals surface area contributed by atoms with Gasteiger partial charge in [-0.1, -0.05) is 55.7 Å². The highest BCUT2D eigenvalue weighted by molar-refractivity contribution is 6.03. The Labute approximate surface area is 187 Å². The number of aryl methyl sites for hydroxylation is 1. The van der Waals surface area contributed by atoms with Crippen LogP contribution in [0.25, 0.3) is 10.9 Å². The van der Waals surface area contributed by atoms with E-state index < -0.39 is 11.6 Å². The molecule has 1 unspecified atom stereocenters. The lowest BCUT2D eigenvalue weighted by Crippen LogP contribution is -2.45. The number of carbonyl (C=O) groups excluding carboxylic acids is 1. The molecule has 0 aliphatic carbocycles. The van der Waals surface area contributed by atoms with Crippen LogP contribution in [0.1, 0.15) is 59.0 Å². The minimum absolute atomic E-state index is 0.170. The summed E-state index contributed by atoms with van der Waals surface area (Å²) in [5.74, 6) is 5.36. The second-order valence-corrected chi connectivity index (χ2v) is 7.93. The van der Waals surface area contributed by atoms with Crippen LogP contribution in [0.3, 0.4) is 0 Å². The van der Waals surface area contributed by atoms with E-state index in [9.17, 15) is 14.7 Å². The summed E-state index contributed by atoms with van der Waals surface area (Å²) < 4.78 is 1.87. The Bertz CT molecular complexity index is 1220. The highest BCUT2D eigenvalue weighted by Gasteiger charge is 2.50. The quantitative estimate of drug-likeness (QED) is 0.545. The molecule has 6 heteroatoms. The zero-order valence-corrected chi connectivity index (χ0v) is 18.3. The molecule has 1 atom stereocenters. The molecule has 164 valence electrons. The van der Waals surface area contributed by atoms with E-state index in [0.717, 1.165) is 24.6 Å². The molecule has 1 aromatic heterocycles. The normalized spacial score (nSPS) is 17.3. The van der Waals surface area contributed by atoms with Gasteiger partial charge in [0.15, 0.2) is 0 Å². The van der Waals surface area contributed by atoms with E-state index in [1.165, 1.54) is 17.7 Å². The molecule has 2 aromatic carbocycles. The van der Waals surface area contributed by atoms with Gasteiger partial charge in [-0.25, -0.2) is 4.79 Å². The van der Waals surface area contributed by atoms with Crippen molar-refractivity contribution in [3.63, 3.8) is 0 Å². The molecule has 1 aliphatic heterocycles. The average Bonchev–Trinajstić information content (AvgIpc) is 3.29. The lowest BCUT2D eigenvalue weighted by atomic mass is 10.0. The van der Waals surface area contributed by atoms with Crippen LogP contribution < -0.4 is 0 Å². The van der Waals surface area contributed by atoms with E-state index in [-0.39, 0.29) is 11.5 Å². The van der Waals surface area contributed by atoms with Crippen molar-refractivity contribution in [3.8, 4) is 11.8 Å². The van der Waals surface area contributed by atoms with Crippen LogP contribution >= 0.6 is 0 Å². The van der Waals surface area contributed by atoms with E-state index in [1.54, 1.807) is 24.3 Å². The summed E-state index contributed by atoms with van der Waals surface area (Å²) in [7, 11) is 1.47. The number of aromatic nitrogens is 1. The van der Waals surface area contributed by atoms with Crippen LogP contribution in [0.4, 0.5) is 0 Å². The standard InChI is InChI=1S/C26H26N2O4/c1-3-4-15-26(16-9-8-12-19-10-6-5-7-11-19)27-22-18-21(25(30)31)14-13-20(22)17-23(27)24(29)28(26)32-2/h5-7,10-11,13-14,17-18H,3-4,8,12,15H2,1-2H3,(H,30,31). The first-order chi connectivity index (χ1) is 15.5. The lowest BCUT2D eigenvalue weighted by Gasteiger charge is -2.34. The van der Waals surface area contributed by atoms with Gasteiger partial charge in [-0.3, -0.25) is 14.2 Å². The van der Waals surface area contributed by atoms with Crippen LogP contribution in [-0.2, 0) is 16.9 Å². The van der Waals surface area contributed by atoms with Gasteiger partial charge >= 0.3 is 5.97 Å². The summed E-state index contributed by atoms with van der Waals surface area (Å²) in [6, 6.07) is 16.8. The molecule has 0 bridgehead atoms. The summed E-state index contributed by atoms with van der Waals surface area (Å²) in [5.41, 5.74) is 1.48. The largest absolute Gasteiger partial charge is 0.478 e. The molecule has 0 saturated heterocycles. The predicted octanol–water partition coefficient (Wildman–Crippen LogP) is 4.84. The van der Waals surface area contributed by atoms with Crippen LogP contribution in [0.2, 0.25) is 0 Å². The van der Waals surface area contributed by atoms with Gasteiger partial charge in [0.2, 0.25) is 5.66 Å². The Morgan fingerprint density at radius 3 is 2.62 bits per heavy atom. The molecule has 1 N–H and O–H groups in total. The number of unbranched alkanes of at least 4 members (excludes halogenated alkanes) is 1. The van der Waals surface area contributed by atoms with Gasteiger partial charge in [0.1, 0.15) is 5.69 Å². The van der Waals surface area contributed by atoms with Gasteiger partial charge < -0.3 is 5.11 Å². The van der Waals surface area contributed by atoms with Crippen molar-refractivity contribution >= 4 is 22.8 Å². The van der Waals surface area contributed by atoms with Crippen molar-refractivity contribution in [2.45, 2.75) is 44.7 Å². The number of carboxylic acid groups (broad SMARTS) is 1. The molecular weight excluding hydrogens is 404 g/mol. The number of fused-ring (bicyclic) bond motifs is 3. The van der Waals surface area contributed by atoms with E-state index in [1.807, 2.05) is 22.8 Å². The van der Waals surface area contributed by atoms with Crippen LogP contribution in [-0.4, -0.2) is 33.7 Å². The molecule has 0 saturated carbocycles. The summed E-state index contributed by atoms with van der Waals surface area (Å²) in [6.07, 6.45) is 3.78. The molecule has 32 heavy (non-hydrogen) atoms. The molecule has 0 spiro atoms. The third kappa shape index (κ3) is 3.65. The average molecular weight is 431 g/mol. The monoisotopic (exact) mass is 430 g/mol. The number of carboxylic acids is 1. The number of rotatable bonds is 7. The fourth-order valence-corrected chi connectivity index (χ4v) is 4.35. The van der Waals surface area contributed by atoms with Crippen molar-refractivity contribution in [1.29, 1.82) is 0 Å². The van der Waals surface area contributed by atoms with Crippen molar-refractivity contribution in [2.24, 2.45) is 0 Å². The first-order valence-electron chi connectivity index (χ1n) is 10.8. The van der Waals surface area contributed by atoms with Gasteiger partial charge in [0.05, 0.1) is 18.2 Å². The molecule has 1 aliphatic rings. The Kier molecular flexibility index (Phi) is 6.02. The zero-order chi connectivity index (χ0) is 22.7. The lowest BCUT2D eigenvalue weighted by molar-refractivity contribution is -0.160. The van der Waals surface area contributed by atoms with Gasteiger partial charge in [0.25, 0.3) is 5.91 Å². The number of carbonyl (C=O) groups is 2. The fraction of sp³-hybridized carbons (Fsp3) is 0.308. The molecular formula is C26H26N2O4. The SMILES string of the molecule is CCCCC1(C#CCCc2ccccc2)N(OC)C(=O)c2cc3ccc(C(=O)O)cc3n21. The first-order valence-corrected chi connectivity index (χ1v) is 10.8. The number of hydroxylamine groups is 2. The Hall–Kier alpha value is -3.56. The molecule has 0 radical (unpaired) electrons. The fourth-order valence-electron chi connectivity index (χ4n) is 4.35. The highest BCUT2D eigenvalue weighted by atomic mass is 16.7. The molecule has 1 amide bonds. The number of amides is 1. The van der Waals surface area contributed by atoms with Crippen molar-refractivity contribution < 1.29 is 19.5 Å². The van der Waals surface area contributed by atoms with E-state index in [0.29, 0.717) is 24.1 Å². The number of nitrogens with zero attached hydrogens (tertiary/aromatic N) is 2. The summed E-state index contributed by atoms with van der Waals surface area (Å²) in [4.78, 5) is 30.4. The van der Waals surface area contributed by atoms with Crippen LogP contribution in [0, 0.1) is 11.8 Å². The number of benzene rings is 2. The Balaban J connectivity index is 1.82. The molecule has 4 rings (SSSR count). The second kappa shape index (κ2) is 8.89. The van der Waals surface area contributed by atoms with Crippen molar-refractivity contribution in [1.82, 2.24) is 9.63 Å². The predicted molar refractivity (Wildman–Crippen MR) is 122 cm³/mol. The number of hydrogen-bond acceptors (Lipinski definition) is 3. The summed E-state index contributed by atoms with van der Waals surface area (Å²) >= 11 is 0. The second-order valence-electron chi connectivity index (χ2n) is 7.93. The maximum Gasteiger partial charge on any atom is 0.335 e. The van der Waals surface area contributed by atoms with E-state index >= 15 is 0 Å². The molecule has 2 heterocycles. The van der Waals surface area contributed by atoms with E-state index in [2.05, 4.69) is 30.9 Å². The minimum atomic E-state index is -1.02. The number of aromatic carboxylic acids is 1. The highest BCUT2D eigenvalue weighted by Crippen LogP contribution is 2.41. The maximum atomic E-state index is 13.2. The van der Waals surface area contributed by atoms with Crippen LogP contribution in [0.15, 0.2) is 54.6 Å². The Morgan fingerprint density at radius 1 is 1.16 bits per heavy atom. The molecule has 3 aromatic rings. The van der Waals surface area contributed by atoms with Gasteiger partial charge in [-0.05, 0) is 42.5 Å². The molecule has 0 fully saturated rings. The van der Waals surface area contributed by atoms with Crippen molar-refractivity contribution in [3.05, 3.63) is 71.4 Å². The third-order valence-corrected chi connectivity index (χ3v) is 5.89. The first kappa shape index (κ1) is 21.7. The van der Waals surface area contributed by atoms with Gasteiger partial charge in [-0.2, -0.15) is 5.06 Å². The van der Waals surface area contributed by atoms with Crippen molar-refractivity contribution in [2.75, 3.05) is 7.11 Å². The topological polar surface area (TPSA) is 71.8 Å². The van der Waals surface area contributed by atoms with Gasteiger partial charge in [0, 0.05) is 18.2 Å². The Morgan fingerprint density at radius 2 is 1.94 bits per heavy atom. The van der Waals surface area contributed by atoms with Crippen LogP contribution in [0.5, 0.6) is 0 Å². The van der Waals surface area contributed by atoms with Gasteiger partial charge in [-0.15, -0.1) is 0 Å². The number of hydrogen-bond donors (Lipinski definition) is 1. The minimum Gasteiger partial charge on any atom is -0.478 e. The third-order valence-electron chi connectivity index (χ3n) is 5.89. The maximum absolute atomic E-state index is 13.2. The zero-order valence-electron chi connectivity index (χ0n) is 18.3.